The van der Waals surface area contributed by atoms with Gasteiger partial charge in [-0.1, -0.05) is 11.8 Å². The molecule has 0 aromatic carbocycles. The number of nitrogens with zero attached hydrogens (tertiary/aromatic N) is 2. The largest absolute Gasteiger partial charge is 0.323 e. The molecule has 2 rings (SSSR count). The minimum atomic E-state index is 1.01. The van der Waals surface area contributed by atoms with E-state index >= 15 is 0 Å². The molecule has 4 heteroatoms. The Bertz CT molecular complexity index is 235. The van der Waals surface area contributed by atoms with Crippen LogP contribution in [0.1, 0.15) is 6.42 Å². The Balaban J connectivity index is 2.09. The zero-order valence-electron chi connectivity index (χ0n) is 7.12. The highest BCUT2D eigenvalue weighted by atomic mass is 32.2. The van der Waals surface area contributed by atoms with E-state index in [1.54, 1.807) is 11.8 Å². The average molecular weight is 200 g/mol. The second-order valence-electron chi connectivity index (χ2n) is 2.83. The monoisotopic (exact) mass is 200 g/mol. The van der Waals surface area contributed by atoms with E-state index in [1.165, 1.54) is 17.3 Å². The summed E-state index contributed by atoms with van der Waals surface area (Å²) in [6.07, 6.45) is 3.35. The molecule has 0 aromatic heterocycles. The fourth-order valence-electron chi connectivity index (χ4n) is 1.40. The van der Waals surface area contributed by atoms with Gasteiger partial charge in [0.25, 0.3) is 0 Å². The molecule has 0 aliphatic carbocycles. The second-order valence-corrected chi connectivity index (χ2v) is 4.53. The van der Waals surface area contributed by atoms with E-state index in [0.717, 1.165) is 18.8 Å². The first-order valence-corrected chi connectivity index (χ1v) is 6.36. The molecule has 2 aliphatic rings. The van der Waals surface area contributed by atoms with E-state index in [2.05, 4.69) is 21.6 Å². The van der Waals surface area contributed by atoms with E-state index in [4.69, 9.17) is 0 Å². The first kappa shape index (κ1) is 8.51. The van der Waals surface area contributed by atoms with E-state index < -0.39 is 0 Å². The smallest absolute Gasteiger partial charge is 0.167 e. The molecule has 0 saturated carbocycles. The summed E-state index contributed by atoms with van der Waals surface area (Å²) in [7, 11) is 0. The third-order valence-electron chi connectivity index (χ3n) is 1.96. The molecule has 0 radical (unpaired) electrons. The number of hydrogen-bond acceptors (Lipinski definition) is 4. The lowest BCUT2D eigenvalue weighted by molar-refractivity contribution is 0.491. The molecular formula is C8H12N2S2. The summed E-state index contributed by atoms with van der Waals surface area (Å²) in [6, 6.07) is 0. The minimum Gasteiger partial charge on any atom is -0.323 e. The van der Waals surface area contributed by atoms with Crippen molar-refractivity contribution in [2.45, 2.75) is 6.42 Å². The Morgan fingerprint density at radius 1 is 1.75 bits per heavy atom. The van der Waals surface area contributed by atoms with Gasteiger partial charge < -0.3 is 4.90 Å². The third-order valence-corrected chi connectivity index (χ3v) is 3.49. The van der Waals surface area contributed by atoms with Crippen molar-refractivity contribution in [2.75, 3.05) is 25.1 Å². The van der Waals surface area contributed by atoms with Crippen LogP contribution in [0.25, 0.3) is 0 Å². The van der Waals surface area contributed by atoms with Gasteiger partial charge in [0.1, 0.15) is 0 Å². The van der Waals surface area contributed by atoms with Gasteiger partial charge in [0, 0.05) is 24.5 Å². The van der Waals surface area contributed by atoms with Crippen molar-refractivity contribution in [1.82, 2.24) is 4.90 Å². The molecule has 2 nitrogen and oxygen atoms in total. The highest BCUT2D eigenvalue weighted by Crippen LogP contribution is 2.29. The summed E-state index contributed by atoms with van der Waals surface area (Å²) in [6.45, 7) is 2.18. The van der Waals surface area contributed by atoms with Crippen LogP contribution < -0.4 is 0 Å². The van der Waals surface area contributed by atoms with Crippen LogP contribution in [0.4, 0.5) is 0 Å². The highest BCUT2D eigenvalue weighted by molar-refractivity contribution is 8.16. The number of fused-ring (bicyclic) bond motifs is 1. The third kappa shape index (κ3) is 1.50. The summed E-state index contributed by atoms with van der Waals surface area (Å²) in [4.78, 5) is 6.82. The van der Waals surface area contributed by atoms with E-state index in [0.29, 0.717) is 0 Å². The van der Waals surface area contributed by atoms with Crippen molar-refractivity contribution < 1.29 is 0 Å². The van der Waals surface area contributed by atoms with Crippen LogP contribution in [0.3, 0.4) is 0 Å². The molecule has 0 aromatic rings. The number of rotatable bonds is 2. The van der Waals surface area contributed by atoms with Crippen LogP contribution >= 0.6 is 23.5 Å². The van der Waals surface area contributed by atoms with Gasteiger partial charge >= 0.3 is 0 Å². The van der Waals surface area contributed by atoms with E-state index in [-0.39, 0.29) is 0 Å². The molecule has 0 bridgehead atoms. The average Bonchev–Trinajstić information content (AvgIpc) is 2.50. The molecule has 0 N–H and O–H groups in total. The lowest BCUT2D eigenvalue weighted by atomic mass is 10.3. The van der Waals surface area contributed by atoms with Crippen molar-refractivity contribution in [3.63, 3.8) is 0 Å². The highest BCUT2D eigenvalue weighted by Gasteiger charge is 2.23. The van der Waals surface area contributed by atoms with Gasteiger partial charge in [-0.15, -0.1) is 0 Å². The summed E-state index contributed by atoms with van der Waals surface area (Å²) >= 11 is 3.65. The molecule has 0 unspecified atom stereocenters. The molecule has 0 saturated heterocycles. The molecule has 0 spiro atoms. The SMILES string of the molecule is CSCC1=CSC2=NCCCN12. The van der Waals surface area contributed by atoms with E-state index in [9.17, 15) is 0 Å². The van der Waals surface area contributed by atoms with E-state index in [1.807, 2.05) is 11.8 Å². The van der Waals surface area contributed by atoms with Crippen molar-refractivity contribution in [3.8, 4) is 0 Å². The Kier molecular flexibility index (Phi) is 2.66. The molecule has 0 fully saturated rings. The van der Waals surface area contributed by atoms with Crippen LogP contribution in [0.15, 0.2) is 16.1 Å². The number of hydrogen-bond donors (Lipinski definition) is 0. The van der Waals surface area contributed by atoms with Crippen LogP contribution in [0.5, 0.6) is 0 Å². The maximum absolute atomic E-state index is 4.47. The van der Waals surface area contributed by atoms with Crippen molar-refractivity contribution in [3.05, 3.63) is 11.1 Å². The van der Waals surface area contributed by atoms with Gasteiger partial charge in [0.05, 0.1) is 0 Å². The van der Waals surface area contributed by atoms with Gasteiger partial charge in [-0.2, -0.15) is 11.8 Å². The molecule has 12 heavy (non-hydrogen) atoms. The maximum atomic E-state index is 4.47. The summed E-state index contributed by atoms with van der Waals surface area (Å²) in [5, 5.41) is 3.45. The first-order valence-electron chi connectivity index (χ1n) is 4.08. The molecule has 66 valence electrons. The van der Waals surface area contributed by atoms with Gasteiger partial charge in [0.2, 0.25) is 0 Å². The molecule has 0 amide bonds. The van der Waals surface area contributed by atoms with Crippen LogP contribution in [-0.2, 0) is 0 Å². The van der Waals surface area contributed by atoms with Gasteiger partial charge in [-0.3, -0.25) is 4.99 Å². The lowest BCUT2D eigenvalue weighted by Crippen LogP contribution is -2.30. The number of aliphatic imine (C=N–C) groups is 1. The summed E-state index contributed by atoms with van der Waals surface area (Å²) in [5.41, 5.74) is 1.44. The fourth-order valence-corrected chi connectivity index (χ4v) is 2.99. The number of amidine groups is 1. The van der Waals surface area contributed by atoms with Crippen molar-refractivity contribution >= 4 is 28.7 Å². The quantitative estimate of drug-likeness (QED) is 0.678. The Morgan fingerprint density at radius 2 is 2.67 bits per heavy atom. The molecule has 0 atom stereocenters. The fraction of sp³-hybridized carbons (Fsp3) is 0.625. The Morgan fingerprint density at radius 3 is 3.50 bits per heavy atom. The molecule has 2 aliphatic heterocycles. The minimum absolute atomic E-state index is 1.01. The standard InChI is InChI=1S/C8H12N2S2/c1-11-5-7-6-12-8-9-3-2-4-10(7)8/h6H,2-5H2,1H3. The Labute approximate surface area is 81.5 Å². The molecular weight excluding hydrogens is 188 g/mol. The maximum Gasteiger partial charge on any atom is 0.167 e. The van der Waals surface area contributed by atoms with Crippen molar-refractivity contribution in [1.29, 1.82) is 0 Å². The first-order chi connectivity index (χ1) is 5.92. The molecule has 2 heterocycles. The van der Waals surface area contributed by atoms with Crippen LogP contribution in [0.2, 0.25) is 0 Å². The summed E-state index contributed by atoms with van der Waals surface area (Å²) < 4.78 is 0. The van der Waals surface area contributed by atoms with Crippen LogP contribution in [-0.4, -0.2) is 35.2 Å². The zero-order chi connectivity index (χ0) is 8.39. The van der Waals surface area contributed by atoms with Gasteiger partial charge in [0.15, 0.2) is 5.17 Å². The van der Waals surface area contributed by atoms with Crippen molar-refractivity contribution in [2.24, 2.45) is 4.99 Å². The van der Waals surface area contributed by atoms with Crippen LogP contribution in [0, 0.1) is 0 Å². The normalized spacial score (nSPS) is 21.9. The predicted octanol–water partition coefficient (Wildman–Crippen LogP) is 2.00. The predicted molar refractivity (Wildman–Crippen MR) is 57.7 cm³/mol. The Hall–Kier alpha value is -0.0900. The topological polar surface area (TPSA) is 15.6 Å². The lowest BCUT2D eigenvalue weighted by Gasteiger charge is -2.24. The number of thioether (sulfide) groups is 2. The van der Waals surface area contributed by atoms with Gasteiger partial charge in [-0.05, 0) is 18.1 Å². The second kappa shape index (κ2) is 3.75. The zero-order valence-corrected chi connectivity index (χ0v) is 8.75. The van der Waals surface area contributed by atoms with Gasteiger partial charge in [-0.25, -0.2) is 0 Å². The summed E-state index contributed by atoms with van der Waals surface area (Å²) in [5.74, 6) is 1.12.